The first-order valence-electron chi connectivity index (χ1n) is 6.98. The van der Waals surface area contributed by atoms with Gasteiger partial charge in [-0.1, -0.05) is 27.7 Å². The Morgan fingerprint density at radius 2 is 2.06 bits per heavy atom. The van der Waals surface area contributed by atoms with E-state index in [1.165, 1.54) is 0 Å². The molecule has 0 aromatic carbocycles. The summed E-state index contributed by atoms with van der Waals surface area (Å²) in [6.07, 6.45) is 1.55. The van der Waals surface area contributed by atoms with Crippen LogP contribution in [0.15, 0.2) is 0 Å². The van der Waals surface area contributed by atoms with Crippen molar-refractivity contribution in [2.24, 2.45) is 23.0 Å². The fourth-order valence-corrected chi connectivity index (χ4v) is 2.60. The Morgan fingerprint density at radius 1 is 1.41 bits per heavy atom. The standard InChI is InChI=1S/C14H30N2O/c1-6-17-13-7-12(14(13,4)5)16-9-11(8-15)10(2)3/h10-13,16H,6-9,15H2,1-5H3. The fourth-order valence-electron chi connectivity index (χ4n) is 2.60. The maximum Gasteiger partial charge on any atom is 0.0655 e. The van der Waals surface area contributed by atoms with E-state index in [4.69, 9.17) is 10.5 Å². The van der Waals surface area contributed by atoms with Crippen molar-refractivity contribution in [1.29, 1.82) is 0 Å². The molecule has 3 heteroatoms. The molecule has 0 aromatic rings. The normalized spacial score (nSPS) is 29.1. The van der Waals surface area contributed by atoms with E-state index in [-0.39, 0.29) is 5.41 Å². The zero-order valence-electron chi connectivity index (χ0n) is 12.1. The third kappa shape index (κ3) is 3.43. The van der Waals surface area contributed by atoms with Gasteiger partial charge in [0.2, 0.25) is 0 Å². The minimum atomic E-state index is 0.256. The smallest absolute Gasteiger partial charge is 0.0655 e. The summed E-state index contributed by atoms with van der Waals surface area (Å²) in [5.41, 5.74) is 6.05. The highest BCUT2D eigenvalue weighted by molar-refractivity contribution is 5.02. The predicted octanol–water partition coefficient (Wildman–Crippen LogP) is 2.01. The number of rotatable bonds is 7. The van der Waals surface area contributed by atoms with Gasteiger partial charge in [-0.05, 0) is 38.3 Å². The first kappa shape index (κ1) is 14.9. The summed E-state index contributed by atoms with van der Waals surface area (Å²) in [6, 6.07) is 0.576. The molecule has 1 fully saturated rings. The molecular weight excluding hydrogens is 212 g/mol. The average molecular weight is 242 g/mol. The molecule has 3 N–H and O–H groups in total. The summed E-state index contributed by atoms with van der Waals surface area (Å²) in [5, 5.41) is 3.67. The van der Waals surface area contributed by atoms with E-state index in [9.17, 15) is 0 Å². The molecule has 102 valence electrons. The van der Waals surface area contributed by atoms with Gasteiger partial charge in [-0.3, -0.25) is 0 Å². The zero-order valence-corrected chi connectivity index (χ0v) is 12.1. The molecule has 0 amide bonds. The van der Waals surface area contributed by atoms with Gasteiger partial charge in [-0.15, -0.1) is 0 Å². The number of ether oxygens (including phenoxy) is 1. The third-order valence-corrected chi connectivity index (χ3v) is 4.42. The van der Waals surface area contributed by atoms with Crippen LogP contribution in [0.25, 0.3) is 0 Å². The summed E-state index contributed by atoms with van der Waals surface area (Å²) in [5.74, 6) is 1.23. The first-order chi connectivity index (χ1) is 7.93. The van der Waals surface area contributed by atoms with E-state index >= 15 is 0 Å². The Labute approximate surface area is 106 Å². The zero-order chi connectivity index (χ0) is 13.1. The van der Waals surface area contributed by atoms with Gasteiger partial charge in [0, 0.05) is 18.1 Å². The van der Waals surface area contributed by atoms with Crippen LogP contribution in [0.2, 0.25) is 0 Å². The quantitative estimate of drug-likeness (QED) is 0.718. The molecule has 1 aliphatic rings. The van der Waals surface area contributed by atoms with E-state index in [1.54, 1.807) is 0 Å². The topological polar surface area (TPSA) is 47.3 Å². The second-order valence-electron chi connectivity index (χ2n) is 6.20. The van der Waals surface area contributed by atoms with E-state index in [0.29, 0.717) is 24.0 Å². The van der Waals surface area contributed by atoms with Crippen LogP contribution in [0.5, 0.6) is 0 Å². The number of hydrogen-bond acceptors (Lipinski definition) is 3. The van der Waals surface area contributed by atoms with E-state index < -0.39 is 0 Å². The molecule has 1 rings (SSSR count). The van der Waals surface area contributed by atoms with Crippen molar-refractivity contribution in [3.8, 4) is 0 Å². The minimum Gasteiger partial charge on any atom is -0.378 e. The molecule has 1 aliphatic carbocycles. The molecular formula is C14H30N2O. The second kappa shape index (κ2) is 6.17. The van der Waals surface area contributed by atoms with Crippen LogP contribution in [0, 0.1) is 17.3 Å². The van der Waals surface area contributed by atoms with Crippen LogP contribution in [-0.2, 0) is 4.74 Å². The number of nitrogens with one attached hydrogen (secondary N) is 1. The van der Waals surface area contributed by atoms with Crippen molar-refractivity contribution < 1.29 is 4.74 Å². The highest BCUT2D eigenvalue weighted by atomic mass is 16.5. The molecule has 0 spiro atoms. The Bertz CT molecular complexity index is 228. The summed E-state index contributed by atoms with van der Waals surface area (Å²) >= 11 is 0. The van der Waals surface area contributed by atoms with Crippen LogP contribution in [0.3, 0.4) is 0 Å². The van der Waals surface area contributed by atoms with E-state index in [0.717, 1.165) is 26.1 Å². The lowest BCUT2D eigenvalue weighted by Crippen LogP contribution is -2.61. The molecule has 17 heavy (non-hydrogen) atoms. The Kier molecular flexibility index (Phi) is 5.42. The molecule has 0 aromatic heterocycles. The van der Waals surface area contributed by atoms with Gasteiger partial charge in [-0.25, -0.2) is 0 Å². The molecule has 0 bridgehead atoms. The number of nitrogens with two attached hydrogens (primary N) is 1. The molecule has 0 saturated heterocycles. The van der Waals surface area contributed by atoms with Gasteiger partial charge in [0.1, 0.15) is 0 Å². The first-order valence-corrected chi connectivity index (χ1v) is 6.98. The molecule has 1 saturated carbocycles. The van der Waals surface area contributed by atoms with Crippen molar-refractivity contribution in [2.75, 3.05) is 19.7 Å². The molecule has 0 radical (unpaired) electrons. The number of hydrogen-bond donors (Lipinski definition) is 2. The Hall–Kier alpha value is -0.120. The van der Waals surface area contributed by atoms with Gasteiger partial charge in [-0.2, -0.15) is 0 Å². The summed E-state index contributed by atoms with van der Waals surface area (Å²) in [7, 11) is 0. The minimum absolute atomic E-state index is 0.256. The van der Waals surface area contributed by atoms with Crippen LogP contribution < -0.4 is 11.1 Å². The van der Waals surface area contributed by atoms with Crippen molar-refractivity contribution in [3.63, 3.8) is 0 Å². The molecule has 0 heterocycles. The molecule has 3 atom stereocenters. The highest BCUT2D eigenvalue weighted by Gasteiger charge is 2.48. The van der Waals surface area contributed by atoms with Crippen LogP contribution >= 0.6 is 0 Å². The predicted molar refractivity (Wildman–Crippen MR) is 73.0 cm³/mol. The maximum absolute atomic E-state index is 5.80. The monoisotopic (exact) mass is 242 g/mol. The average Bonchev–Trinajstić information content (AvgIpc) is 2.26. The van der Waals surface area contributed by atoms with E-state index in [2.05, 4.69) is 39.9 Å². The van der Waals surface area contributed by atoms with E-state index in [1.807, 2.05) is 0 Å². The van der Waals surface area contributed by atoms with Crippen molar-refractivity contribution in [1.82, 2.24) is 5.32 Å². The van der Waals surface area contributed by atoms with Gasteiger partial charge in [0.25, 0.3) is 0 Å². The third-order valence-electron chi connectivity index (χ3n) is 4.42. The van der Waals surface area contributed by atoms with Gasteiger partial charge < -0.3 is 15.8 Å². The summed E-state index contributed by atoms with van der Waals surface area (Å²) in [6.45, 7) is 13.8. The van der Waals surface area contributed by atoms with Crippen molar-refractivity contribution in [2.45, 2.75) is 53.2 Å². The fraction of sp³-hybridized carbons (Fsp3) is 1.00. The Morgan fingerprint density at radius 3 is 2.47 bits per heavy atom. The Balaban J connectivity index is 2.35. The van der Waals surface area contributed by atoms with Crippen molar-refractivity contribution in [3.05, 3.63) is 0 Å². The van der Waals surface area contributed by atoms with Gasteiger partial charge in [0.05, 0.1) is 6.10 Å². The lowest BCUT2D eigenvalue weighted by Gasteiger charge is -2.52. The van der Waals surface area contributed by atoms with Crippen LogP contribution in [0.1, 0.15) is 41.0 Å². The van der Waals surface area contributed by atoms with Crippen LogP contribution in [0.4, 0.5) is 0 Å². The molecule has 3 nitrogen and oxygen atoms in total. The second-order valence-corrected chi connectivity index (χ2v) is 6.20. The molecule has 3 unspecified atom stereocenters. The maximum atomic E-state index is 5.80. The lowest BCUT2D eigenvalue weighted by molar-refractivity contribution is -0.114. The summed E-state index contributed by atoms with van der Waals surface area (Å²) < 4.78 is 5.74. The van der Waals surface area contributed by atoms with Gasteiger partial charge in [0.15, 0.2) is 0 Å². The largest absolute Gasteiger partial charge is 0.378 e. The van der Waals surface area contributed by atoms with Crippen LogP contribution in [-0.4, -0.2) is 31.8 Å². The summed E-state index contributed by atoms with van der Waals surface area (Å²) in [4.78, 5) is 0. The highest BCUT2D eigenvalue weighted by Crippen LogP contribution is 2.42. The lowest BCUT2D eigenvalue weighted by atomic mass is 9.64. The van der Waals surface area contributed by atoms with Gasteiger partial charge >= 0.3 is 0 Å². The SMILES string of the molecule is CCOC1CC(NCC(CN)C(C)C)C1(C)C. The molecule has 0 aliphatic heterocycles. The van der Waals surface area contributed by atoms with Crippen molar-refractivity contribution >= 4 is 0 Å².